The molecule has 2 heteroatoms. The molecule has 0 unspecified atom stereocenters. The number of hydrogen-bond donors (Lipinski definition) is 0. The van der Waals surface area contributed by atoms with Crippen LogP contribution in [0.1, 0.15) is 37.8 Å². The Morgan fingerprint density at radius 1 is 0.551 bits per heavy atom. The Labute approximate surface area is 286 Å². The fraction of sp³-hybridized carbons (Fsp3) is 0.106. The van der Waals surface area contributed by atoms with E-state index in [0.717, 1.165) is 24.2 Å². The summed E-state index contributed by atoms with van der Waals surface area (Å²) in [6, 6.07) is 53.9. The number of nitrogens with zero attached hydrogens (tertiary/aromatic N) is 2. The van der Waals surface area contributed by atoms with Crippen molar-refractivity contribution < 1.29 is 0 Å². The van der Waals surface area contributed by atoms with Crippen LogP contribution in [0.5, 0.6) is 0 Å². The molecule has 49 heavy (non-hydrogen) atoms. The van der Waals surface area contributed by atoms with Crippen molar-refractivity contribution in [3.63, 3.8) is 0 Å². The van der Waals surface area contributed by atoms with Gasteiger partial charge in [-0.15, -0.1) is 0 Å². The van der Waals surface area contributed by atoms with Crippen molar-refractivity contribution in [1.29, 1.82) is 0 Å². The van der Waals surface area contributed by atoms with Gasteiger partial charge in [-0.1, -0.05) is 98.8 Å². The highest BCUT2D eigenvalue weighted by atomic mass is 15.1. The number of allylic oxidation sites excluding steroid dienone is 4. The third-order valence-corrected chi connectivity index (χ3v) is 11.0. The second kappa shape index (κ2) is 10.6. The van der Waals surface area contributed by atoms with Crippen LogP contribution < -0.4 is 4.90 Å². The fourth-order valence-corrected chi connectivity index (χ4v) is 8.60. The maximum atomic E-state index is 2.46. The number of benzene rings is 7. The van der Waals surface area contributed by atoms with Gasteiger partial charge < -0.3 is 9.47 Å². The van der Waals surface area contributed by atoms with Gasteiger partial charge in [-0.2, -0.15) is 0 Å². The quantitative estimate of drug-likeness (QED) is 0.176. The predicted octanol–water partition coefficient (Wildman–Crippen LogP) is 13.0. The van der Waals surface area contributed by atoms with Crippen LogP contribution >= 0.6 is 0 Å². The summed E-state index contributed by atoms with van der Waals surface area (Å²) in [6.07, 6.45) is 6.95. The SMILES string of the molecule is CC1(C)C2=C(CCC=C2)c2ccc(N(c3ccc4cc5ccccc5cc4c3)c3ccc4c(c3)c3ccccc3n4-c3ccccc3)cc21. The first-order chi connectivity index (χ1) is 24.0. The van der Waals surface area contributed by atoms with Crippen molar-refractivity contribution in [3.8, 4) is 5.69 Å². The average Bonchev–Trinajstić information content (AvgIpc) is 3.59. The highest BCUT2D eigenvalue weighted by molar-refractivity contribution is 6.11. The van der Waals surface area contributed by atoms with Crippen LogP contribution in [0.4, 0.5) is 17.1 Å². The molecule has 1 aromatic heterocycles. The minimum absolute atomic E-state index is 0.0430. The van der Waals surface area contributed by atoms with Gasteiger partial charge in [0.25, 0.3) is 0 Å². The average molecular weight is 629 g/mol. The summed E-state index contributed by atoms with van der Waals surface area (Å²) in [6.45, 7) is 4.78. The van der Waals surface area contributed by atoms with Gasteiger partial charge >= 0.3 is 0 Å². The zero-order valence-corrected chi connectivity index (χ0v) is 27.8. The second-order valence-corrected chi connectivity index (χ2v) is 14.1. The summed E-state index contributed by atoms with van der Waals surface area (Å²) < 4.78 is 2.39. The number of rotatable bonds is 4. The molecule has 0 radical (unpaired) electrons. The number of para-hydroxylation sites is 2. The predicted molar refractivity (Wildman–Crippen MR) is 209 cm³/mol. The third kappa shape index (κ3) is 4.27. The summed E-state index contributed by atoms with van der Waals surface area (Å²) in [4.78, 5) is 2.46. The van der Waals surface area contributed by atoms with E-state index in [4.69, 9.17) is 0 Å². The second-order valence-electron chi connectivity index (χ2n) is 14.1. The summed E-state index contributed by atoms with van der Waals surface area (Å²) in [5.41, 5.74) is 12.9. The third-order valence-electron chi connectivity index (χ3n) is 11.0. The number of fused-ring (bicyclic) bond motifs is 7. The monoisotopic (exact) mass is 628 g/mol. The summed E-state index contributed by atoms with van der Waals surface area (Å²) >= 11 is 0. The molecule has 0 saturated heterocycles. The van der Waals surface area contributed by atoms with Crippen LogP contribution in [0.2, 0.25) is 0 Å². The molecule has 1 heterocycles. The molecule has 2 aliphatic carbocycles. The van der Waals surface area contributed by atoms with Crippen LogP contribution in [-0.2, 0) is 5.41 Å². The van der Waals surface area contributed by atoms with Crippen LogP contribution in [-0.4, -0.2) is 4.57 Å². The Morgan fingerprint density at radius 2 is 1.20 bits per heavy atom. The van der Waals surface area contributed by atoms with E-state index in [-0.39, 0.29) is 5.41 Å². The molecule has 0 amide bonds. The molecule has 0 aliphatic heterocycles. The highest BCUT2D eigenvalue weighted by Crippen LogP contribution is 2.52. The van der Waals surface area contributed by atoms with E-state index in [2.05, 4.69) is 181 Å². The Kier molecular flexibility index (Phi) is 6.08. The maximum Gasteiger partial charge on any atom is 0.0542 e. The summed E-state index contributed by atoms with van der Waals surface area (Å²) in [7, 11) is 0. The van der Waals surface area contributed by atoms with Gasteiger partial charge in [-0.3, -0.25) is 0 Å². The van der Waals surface area contributed by atoms with E-state index in [9.17, 15) is 0 Å². The minimum atomic E-state index is -0.0430. The largest absolute Gasteiger partial charge is 0.310 e. The number of hydrogen-bond acceptors (Lipinski definition) is 1. The van der Waals surface area contributed by atoms with Crippen molar-refractivity contribution in [2.45, 2.75) is 32.1 Å². The zero-order chi connectivity index (χ0) is 32.7. The first-order valence-electron chi connectivity index (χ1n) is 17.4. The molecule has 0 atom stereocenters. The molecule has 10 rings (SSSR count). The molecular weight excluding hydrogens is 593 g/mol. The smallest absolute Gasteiger partial charge is 0.0542 e. The van der Waals surface area contributed by atoms with E-state index in [1.807, 2.05) is 0 Å². The first-order valence-corrected chi connectivity index (χ1v) is 17.4. The lowest BCUT2D eigenvalue weighted by Crippen LogP contribution is -2.18. The van der Waals surface area contributed by atoms with E-state index in [0.29, 0.717) is 0 Å². The van der Waals surface area contributed by atoms with Crippen molar-refractivity contribution in [3.05, 3.63) is 174 Å². The zero-order valence-electron chi connectivity index (χ0n) is 27.8. The van der Waals surface area contributed by atoms with E-state index in [1.54, 1.807) is 0 Å². The summed E-state index contributed by atoms with van der Waals surface area (Å²) in [5, 5.41) is 7.53. The van der Waals surface area contributed by atoms with Gasteiger partial charge in [0.05, 0.1) is 11.0 Å². The molecule has 0 N–H and O–H groups in total. The molecule has 0 bridgehead atoms. The van der Waals surface area contributed by atoms with Crippen molar-refractivity contribution in [2.24, 2.45) is 0 Å². The van der Waals surface area contributed by atoms with Crippen LogP contribution in [0.3, 0.4) is 0 Å². The Morgan fingerprint density at radius 3 is 2.06 bits per heavy atom. The lowest BCUT2D eigenvalue weighted by Gasteiger charge is -2.29. The molecule has 0 spiro atoms. The van der Waals surface area contributed by atoms with Crippen molar-refractivity contribution in [1.82, 2.24) is 4.57 Å². The van der Waals surface area contributed by atoms with Gasteiger partial charge in [0.1, 0.15) is 0 Å². The van der Waals surface area contributed by atoms with Gasteiger partial charge in [0.15, 0.2) is 0 Å². The Hall–Kier alpha value is -5.86. The van der Waals surface area contributed by atoms with E-state index in [1.165, 1.54) is 77.0 Å². The first kappa shape index (κ1) is 28.2. The van der Waals surface area contributed by atoms with Gasteiger partial charge in [0, 0.05) is 38.9 Å². The molecule has 2 aliphatic rings. The standard InChI is InChI=1S/C47H36N2/c1-47(2)43-18-10-8-16-39(43)40-24-22-38(30-44(40)47)48(36-21-20-33-26-31-12-6-7-13-32(31)27-34(33)28-36)37-23-25-46-42(29-37)41-17-9-11-19-45(41)49(46)35-14-4-3-5-15-35/h3-7,9-15,17-30H,8,16H2,1-2H3. The number of aromatic nitrogens is 1. The summed E-state index contributed by atoms with van der Waals surface area (Å²) in [5.74, 6) is 0. The van der Waals surface area contributed by atoms with Crippen molar-refractivity contribution >= 4 is 66.0 Å². The topological polar surface area (TPSA) is 8.17 Å². The lowest BCUT2D eigenvalue weighted by molar-refractivity contribution is 0.651. The van der Waals surface area contributed by atoms with E-state index < -0.39 is 0 Å². The van der Waals surface area contributed by atoms with Crippen LogP contribution in [0.15, 0.2) is 163 Å². The van der Waals surface area contributed by atoms with Crippen LogP contribution in [0, 0.1) is 0 Å². The molecular formula is C47H36N2. The normalized spacial score (nSPS) is 15.0. The fourth-order valence-electron chi connectivity index (χ4n) is 8.60. The van der Waals surface area contributed by atoms with Gasteiger partial charge in [-0.25, -0.2) is 0 Å². The molecule has 8 aromatic rings. The molecule has 2 nitrogen and oxygen atoms in total. The molecule has 0 saturated carbocycles. The Balaban J connectivity index is 1.21. The maximum absolute atomic E-state index is 2.46. The highest BCUT2D eigenvalue weighted by Gasteiger charge is 2.37. The minimum Gasteiger partial charge on any atom is -0.310 e. The van der Waals surface area contributed by atoms with Crippen LogP contribution in [0.25, 0.3) is 54.6 Å². The van der Waals surface area contributed by atoms with Gasteiger partial charge in [0.2, 0.25) is 0 Å². The van der Waals surface area contributed by atoms with Gasteiger partial charge in [-0.05, 0) is 129 Å². The molecule has 234 valence electrons. The number of anilines is 3. The molecule has 0 fully saturated rings. The van der Waals surface area contributed by atoms with Crippen molar-refractivity contribution in [2.75, 3.05) is 4.90 Å². The Bertz CT molecular complexity index is 2690. The molecule has 7 aromatic carbocycles. The lowest BCUT2D eigenvalue weighted by atomic mass is 9.80. The van der Waals surface area contributed by atoms with E-state index >= 15 is 0 Å².